The van der Waals surface area contributed by atoms with Crippen molar-refractivity contribution in [2.24, 2.45) is 5.73 Å². The summed E-state index contributed by atoms with van der Waals surface area (Å²) in [5.41, 5.74) is 3.00. The predicted molar refractivity (Wildman–Crippen MR) is 41.9 cm³/mol. The molecule has 0 heterocycles. The first kappa shape index (κ1) is 11.7. The molecule has 6 heteroatoms. The Morgan fingerprint density at radius 1 is 1.46 bits per heavy atom. The molecule has 0 radical (unpaired) electrons. The molecule has 1 atom stereocenters. The number of aliphatic hydroxyl groups excluding tert-OH is 1. The second kappa shape index (κ2) is 4.68. The van der Waals surface area contributed by atoms with E-state index in [2.05, 4.69) is 0 Å². The van der Waals surface area contributed by atoms with Crippen molar-refractivity contribution in [1.29, 1.82) is 0 Å². The number of carboxylic acid groups (broad SMARTS) is 1. The number of aliphatic carboxylic acids is 1. The molecule has 13 heavy (non-hydrogen) atoms. The topological polar surface area (TPSA) is 118 Å². The molecule has 0 fully saturated rings. The molecular formula is C7H11NO5. The van der Waals surface area contributed by atoms with Crippen LogP contribution in [0.3, 0.4) is 0 Å². The van der Waals surface area contributed by atoms with Crippen LogP contribution in [0, 0.1) is 0 Å². The van der Waals surface area contributed by atoms with E-state index < -0.39 is 30.3 Å². The molecule has 0 saturated heterocycles. The lowest BCUT2D eigenvalue weighted by Crippen LogP contribution is -2.55. The van der Waals surface area contributed by atoms with Crippen LogP contribution in [-0.2, 0) is 14.4 Å². The van der Waals surface area contributed by atoms with Gasteiger partial charge in [-0.3, -0.25) is 4.79 Å². The van der Waals surface area contributed by atoms with Gasteiger partial charge in [-0.25, -0.2) is 4.79 Å². The third-order valence-electron chi connectivity index (χ3n) is 1.62. The van der Waals surface area contributed by atoms with E-state index in [-0.39, 0.29) is 12.7 Å². The zero-order valence-electron chi connectivity index (χ0n) is 6.90. The Hall–Kier alpha value is -1.27. The van der Waals surface area contributed by atoms with Gasteiger partial charge < -0.3 is 20.7 Å². The molecule has 0 saturated carbocycles. The van der Waals surface area contributed by atoms with Crippen molar-refractivity contribution in [3.63, 3.8) is 0 Å². The van der Waals surface area contributed by atoms with E-state index in [9.17, 15) is 14.4 Å². The number of nitrogens with two attached hydrogens (primary N) is 1. The maximum atomic E-state index is 11.1. The summed E-state index contributed by atoms with van der Waals surface area (Å²) in [6.45, 7) is -0.482. The van der Waals surface area contributed by atoms with Crippen LogP contribution in [0.25, 0.3) is 0 Å². The van der Waals surface area contributed by atoms with Crippen LogP contribution in [0.5, 0.6) is 0 Å². The average molecular weight is 189 g/mol. The fourth-order valence-corrected chi connectivity index (χ4v) is 0.776. The van der Waals surface area contributed by atoms with Gasteiger partial charge >= 0.3 is 5.97 Å². The van der Waals surface area contributed by atoms with Gasteiger partial charge in [-0.15, -0.1) is 0 Å². The van der Waals surface area contributed by atoms with Crippen molar-refractivity contribution in [2.45, 2.75) is 18.4 Å². The van der Waals surface area contributed by atoms with Gasteiger partial charge in [0.2, 0.25) is 0 Å². The highest BCUT2D eigenvalue weighted by Gasteiger charge is 2.40. The van der Waals surface area contributed by atoms with E-state index in [1.165, 1.54) is 0 Å². The molecule has 0 aromatic rings. The van der Waals surface area contributed by atoms with E-state index in [1.807, 2.05) is 0 Å². The molecule has 4 N–H and O–H groups in total. The summed E-state index contributed by atoms with van der Waals surface area (Å²) in [5.74, 6) is -2.41. The normalized spacial score (nSPS) is 14.6. The minimum absolute atomic E-state index is 0.267. The van der Waals surface area contributed by atoms with Crippen molar-refractivity contribution in [1.82, 2.24) is 0 Å². The number of carbonyl (C=O) groups excluding carboxylic acids is 2. The third kappa shape index (κ3) is 2.60. The number of aldehydes is 1. The second-order valence-corrected chi connectivity index (χ2v) is 2.54. The Labute approximate surface area is 74.3 Å². The maximum Gasteiger partial charge on any atom is 0.331 e. The first-order chi connectivity index (χ1) is 5.99. The molecule has 0 aliphatic heterocycles. The van der Waals surface area contributed by atoms with Crippen LogP contribution >= 0.6 is 0 Å². The fraction of sp³-hybridized carbons (Fsp3) is 0.571. The summed E-state index contributed by atoms with van der Waals surface area (Å²) in [6, 6.07) is 0. The molecule has 0 bridgehead atoms. The fourth-order valence-electron chi connectivity index (χ4n) is 0.776. The summed E-state index contributed by atoms with van der Waals surface area (Å²) in [7, 11) is 0. The highest BCUT2D eigenvalue weighted by molar-refractivity contribution is 6.09. The molecule has 1 unspecified atom stereocenters. The van der Waals surface area contributed by atoms with E-state index in [0.29, 0.717) is 0 Å². The van der Waals surface area contributed by atoms with Gasteiger partial charge in [-0.2, -0.15) is 0 Å². The first-order valence-corrected chi connectivity index (χ1v) is 3.59. The largest absolute Gasteiger partial charge is 0.480 e. The summed E-state index contributed by atoms with van der Waals surface area (Å²) < 4.78 is 0. The van der Waals surface area contributed by atoms with Crippen molar-refractivity contribution in [3.05, 3.63) is 0 Å². The van der Waals surface area contributed by atoms with Crippen molar-refractivity contribution in [2.75, 3.05) is 6.61 Å². The zero-order valence-corrected chi connectivity index (χ0v) is 6.90. The number of hydrogen-bond acceptors (Lipinski definition) is 5. The Bertz CT molecular complexity index is 227. The monoisotopic (exact) mass is 189 g/mol. The smallest absolute Gasteiger partial charge is 0.331 e. The lowest BCUT2D eigenvalue weighted by molar-refractivity contribution is -0.149. The molecule has 0 spiro atoms. The van der Waals surface area contributed by atoms with E-state index >= 15 is 0 Å². The third-order valence-corrected chi connectivity index (χ3v) is 1.62. The number of hydrogen-bond donors (Lipinski definition) is 3. The molecule has 0 aromatic carbocycles. The van der Waals surface area contributed by atoms with Gasteiger partial charge in [0.05, 0.1) is 6.61 Å². The number of aliphatic hydroxyl groups is 1. The first-order valence-electron chi connectivity index (χ1n) is 3.59. The van der Waals surface area contributed by atoms with Gasteiger partial charge in [0.25, 0.3) is 0 Å². The van der Waals surface area contributed by atoms with Crippen molar-refractivity contribution < 1.29 is 24.6 Å². The van der Waals surface area contributed by atoms with Crippen molar-refractivity contribution >= 4 is 18.0 Å². The molecular weight excluding hydrogens is 178 g/mol. The van der Waals surface area contributed by atoms with Crippen LogP contribution in [0.2, 0.25) is 0 Å². The van der Waals surface area contributed by atoms with Crippen molar-refractivity contribution in [3.8, 4) is 0 Å². The highest BCUT2D eigenvalue weighted by Crippen LogP contribution is 2.09. The Balaban J connectivity index is 4.67. The Morgan fingerprint density at radius 3 is 2.31 bits per heavy atom. The van der Waals surface area contributed by atoms with E-state index in [1.54, 1.807) is 0 Å². The molecule has 0 aliphatic carbocycles. The SMILES string of the molecule is NC(CC=O)(C(=O)O)C(=O)CCO. The Kier molecular flexibility index (Phi) is 4.22. The number of ketones is 1. The van der Waals surface area contributed by atoms with Crippen LogP contribution in [-0.4, -0.2) is 40.4 Å². The number of carbonyl (C=O) groups is 3. The average Bonchev–Trinajstić information content (AvgIpc) is 2.04. The van der Waals surface area contributed by atoms with Gasteiger partial charge in [-0.05, 0) is 0 Å². The molecule has 74 valence electrons. The predicted octanol–water partition coefficient (Wildman–Crippen LogP) is -1.69. The summed E-state index contributed by atoms with van der Waals surface area (Å²) >= 11 is 0. The summed E-state index contributed by atoms with van der Waals surface area (Å²) in [6.07, 6.45) is -0.679. The summed E-state index contributed by atoms with van der Waals surface area (Å²) in [5, 5.41) is 17.0. The zero-order chi connectivity index (χ0) is 10.5. The summed E-state index contributed by atoms with van der Waals surface area (Å²) in [4.78, 5) is 31.7. The van der Waals surface area contributed by atoms with Gasteiger partial charge in [0.1, 0.15) is 6.29 Å². The van der Waals surface area contributed by atoms with Crippen LogP contribution in [0.15, 0.2) is 0 Å². The van der Waals surface area contributed by atoms with E-state index in [4.69, 9.17) is 15.9 Å². The van der Waals surface area contributed by atoms with Crippen LogP contribution in [0.1, 0.15) is 12.8 Å². The van der Waals surface area contributed by atoms with E-state index in [0.717, 1.165) is 0 Å². The maximum absolute atomic E-state index is 11.1. The molecule has 0 rings (SSSR count). The Morgan fingerprint density at radius 2 is 2.00 bits per heavy atom. The minimum atomic E-state index is -2.19. The van der Waals surface area contributed by atoms with Crippen LogP contribution in [0.4, 0.5) is 0 Å². The van der Waals surface area contributed by atoms with Gasteiger partial charge in [-0.1, -0.05) is 0 Å². The number of rotatable bonds is 6. The second-order valence-electron chi connectivity index (χ2n) is 2.54. The lowest BCUT2D eigenvalue weighted by atomic mass is 9.90. The van der Waals surface area contributed by atoms with Crippen LogP contribution < -0.4 is 5.73 Å². The molecule has 0 aromatic heterocycles. The molecule has 0 amide bonds. The molecule has 6 nitrogen and oxygen atoms in total. The quantitative estimate of drug-likeness (QED) is 0.339. The van der Waals surface area contributed by atoms with Gasteiger partial charge in [0.15, 0.2) is 11.3 Å². The minimum Gasteiger partial charge on any atom is -0.480 e. The number of carboxylic acids is 1. The van der Waals surface area contributed by atoms with Gasteiger partial charge in [0, 0.05) is 12.8 Å². The highest BCUT2D eigenvalue weighted by atomic mass is 16.4. The lowest BCUT2D eigenvalue weighted by Gasteiger charge is -2.19. The molecule has 0 aliphatic rings. The number of Topliss-reactive ketones (excluding diaryl/α,β-unsaturated/α-hetero) is 1. The standard InChI is InChI=1S/C7H11NO5/c8-7(2-4-10,6(12)13)5(11)1-3-9/h4,9H,1-3,8H2,(H,12,13).